The molecule has 1 heterocycles. The normalized spacial score (nSPS) is 15.9. The highest BCUT2D eigenvalue weighted by Crippen LogP contribution is 2.32. The highest BCUT2D eigenvalue weighted by Gasteiger charge is 2.21. The zero-order valence-corrected chi connectivity index (χ0v) is 15.5. The number of nitrogens with one attached hydrogen (secondary N) is 2. The van der Waals surface area contributed by atoms with Crippen LogP contribution in [0.15, 0.2) is 42.5 Å². The first-order valence-electron chi connectivity index (χ1n) is 9.35. The third-order valence-electron chi connectivity index (χ3n) is 5.11. The van der Waals surface area contributed by atoms with Crippen LogP contribution in [-0.4, -0.2) is 23.5 Å². The number of esters is 1. The van der Waals surface area contributed by atoms with E-state index in [1.165, 1.54) is 29.5 Å². The van der Waals surface area contributed by atoms with Gasteiger partial charge in [-0.15, -0.1) is 0 Å². The second-order valence-corrected chi connectivity index (χ2v) is 7.33. The predicted molar refractivity (Wildman–Crippen MR) is 105 cm³/mol. The monoisotopic (exact) mass is 380 g/mol. The lowest BCUT2D eigenvalue weighted by Crippen LogP contribution is -2.21. The van der Waals surface area contributed by atoms with E-state index in [1.807, 2.05) is 12.1 Å². The summed E-state index contributed by atoms with van der Waals surface area (Å²) in [4.78, 5) is 27.8. The number of halogens is 1. The van der Waals surface area contributed by atoms with E-state index < -0.39 is 24.3 Å². The van der Waals surface area contributed by atoms with E-state index in [1.54, 1.807) is 12.1 Å². The molecule has 5 nitrogen and oxygen atoms in total. The number of anilines is 1. The largest absolute Gasteiger partial charge is 0.452 e. The van der Waals surface area contributed by atoms with Crippen molar-refractivity contribution in [3.8, 4) is 0 Å². The van der Waals surface area contributed by atoms with Crippen molar-refractivity contribution in [2.75, 3.05) is 11.9 Å². The number of fused-ring (bicyclic) bond motifs is 3. The molecule has 3 aromatic rings. The molecule has 6 heteroatoms. The molecule has 4 rings (SSSR count). The number of benzene rings is 2. The minimum Gasteiger partial charge on any atom is -0.452 e. The quantitative estimate of drug-likeness (QED) is 0.666. The van der Waals surface area contributed by atoms with Crippen LogP contribution in [0.1, 0.15) is 35.0 Å². The van der Waals surface area contributed by atoms with E-state index in [0.29, 0.717) is 17.2 Å². The van der Waals surface area contributed by atoms with Gasteiger partial charge in [-0.25, -0.2) is 9.18 Å². The third-order valence-corrected chi connectivity index (χ3v) is 5.11. The van der Waals surface area contributed by atoms with Gasteiger partial charge in [0, 0.05) is 22.3 Å². The molecule has 0 fully saturated rings. The van der Waals surface area contributed by atoms with Crippen LogP contribution in [0.4, 0.5) is 10.1 Å². The number of aromatic amines is 1. The molecule has 1 atom stereocenters. The first kappa shape index (κ1) is 18.2. The molecule has 1 aliphatic carbocycles. The molecule has 2 aromatic carbocycles. The number of H-pyrrole nitrogens is 1. The number of carbonyl (C=O) groups is 2. The van der Waals surface area contributed by atoms with Crippen molar-refractivity contribution in [1.82, 2.24) is 4.98 Å². The number of aromatic nitrogens is 1. The molecule has 144 valence electrons. The van der Waals surface area contributed by atoms with Crippen LogP contribution in [0.25, 0.3) is 10.9 Å². The van der Waals surface area contributed by atoms with Gasteiger partial charge in [0.1, 0.15) is 5.82 Å². The summed E-state index contributed by atoms with van der Waals surface area (Å²) < 4.78 is 18.3. The van der Waals surface area contributed by atoms with Gasteiger partial charge in [0.15, 0.2) is 6.61 Å². The molecule has 0 spiro atoms. The fourth-order valence-corrected chi connectivity index (χ4v) is 3.70. The summed E-state index contributed by atoms with van der Waals surface area (Å²) in [6.07, 6.45) is 3.17. The van der Waals surface area contributed by atoms with E-state index in [9.17, 15) is 14.0 Å². The summed E-state index contributed by atoms with van der Waals surface area (Å²) in [5, 5.41) is 3.54. The van der Waals surface area contributed by atoms with E-state index in [-0.39, 0.29) is 0 Å². The number of rotatable bonds is 4. The Morgan fingerprint density at radius 3 is 2.93 bits per heavy atom. The predicted octanol–water partition coefficient (Wildman–Crippen LogP) is 4.23. The second-order valence-electron chi connectivity index (χ2n) is 7.33. The maximum Gasteiger partial charge on any atom is 0.338 e. The Morgan fingerprint density at radius 1 is 1.25 bits per heavy atom. The van der Waals surface area contributed by atoms with Gasteiger partial charge < -0.3 is 15.0 Å². The summed E-state index contributed by atoms with van der Waals surface area (Å²) in [7, 11) is 0. The molecule has 0 saturated carbocycles. The Kier molecular flexibility index (Phi) is 4.86. The van der Waals surface area contributed by atoms with Gasteiger partial charge in [-0.1, -0.05) is 13.0 Å². The van der Waals surface area contributed by atoms with Crippen LogP contribution in [0.3, 0.4) is 0 Å². The summed E-state index contributed by atoms with van der Waals surface area (Å²) in [6.45, 7) is 1.80. The van der Waals surface area contributed by atoms with Gasteiger partial charge in [0.05, 0.1) is 5.56 Å². The van der Waals surface area contributed by atoms with Crippen molar-refractivity contribution >= 4 is 28.5 Å². The lowest BCUT2D eigenvalue weighted by molar-refractivity contribution is -0.119. The van der Waals surface area contributed by atoms with Gasteiger partial charge >= 0.3 is 5.97 Å². The number of ether oxygens (including phenoxy) is 1. The third kappa shape index (κ3) is 3.76. The minimum absolute atomic E-state index is 0.315. The first-order valence-corrected chi connectivity index (χ1v) is 9.35. The van der Waals surface area contributed by atoms with Gasteiger partial charge in [0.2, 0.25) is 0 Å². The first-order chi connectivity index (χ1) is 13.5. The fourth-order valence-electron chi connectivity index (χ4n) is 3.70. The molecular weight excluding hydrogens is 359 g/mol. The topological polar surface area (TPSA) is 71.2 Å². The molecule has 0 aliphatic heterocycles. The minimum atomic E-state index is -0.560. The van der Waals surface area contributed by atoms with Crippen molar-refractivity contribution in [3.05, 3.63) is 65.1 Å². The van der Waals surface area contributed by atoms with Crippen molar-refractivity contribution in [2.24, 2.45) is 5.92 Å². The lowest BCUT2D eigenvalue weighted by atomic mass is 9.87. The maximum absolute atomic E-state index is 13.2. The molecule has 1 aliphatic rings. The number of hydrogen-bond donors (Lipinski definition) is 2. The van der Waals surface area contributed by atoms with Crippen molar-refractivity contribution in [1.29, 1.82) is 0 Å². The molecule has 1 aromatic heterocycles. The van der Waals surface area contributed by atoms with Crippen LogP contribution in [0.5, 0.6) is 0 Å². The summed E-state index contributed by atoms with van der Waals surface area (Å²) >= 11 is 0. The zero-order chi connectivity index (χ0) is 19.7. The van der Waals surface area contributed by atoms with E-state index in [0.717, 1.165) is 30.2 Å². The Labute approximate surface area is 161 Å². The standard InChI is InChI=1S/C22H21FN2O3/c1-13-5-7-19-17(9-13)18-10-14(6-8-20(18)25-19)22(27)28-12-21(26)24-16-4-2-3-15(23)11-16/h2-4,6,8,10-11,13,25H,5,7,9,12H2,1H3,(H,24,26)/t13-/m0/s1. The molecule has 1 amide bonds. The van der Waals surface area contributed by atoms with Crippen molar-refractivity contribution in [2.45, 2.75) is 26.2 Å². The molecule has 0 unspecified atom stereocenters. The zero-order valence-electron chi connectivity index (χ0n) is 15.5. The number of carbonyl (C=O) groups excluding carboxylic acids is 2. The van der Waals surface area contributed by atoms with Crippen LogP contribution in [-0.2, 0) is 22.4 Å². The van der Waals surface area contributed by atoms with E-state index >= 15 is 0 Å². The van der Waals surface area contributed by atoms with Gasteiger partial charge in [0.25, 0.3) is 5.91 Å². The van der Waals surface area contributed by atoms with E-state index in [2.05, 4.69) is 17.2 Å². The Bertz CT molecular complexity index is 1060. The number of amides is 1. The maximum atomic E-state index is 13.2. The molecule has 28 heavy (non-hydrogen) atoms. The Morgan fingerprint density at radius 2 is 2.11 bits per heavy atom. The van der Waals surface area contributed by atoms with Gasteiger partial charge in [-0.05, 0) is 67.1 Å². The average molecular weight is 380 g/mol. The fraction of sp³-hybridized carbons (Fsp3) is 0.273. The van der Waals surface area contributed by atoms with Crippen LogP contribution >= 0.6 is 0 Å². The summed E-state index contributed by atoms with van der Waals surface area (Å²) in [5.74, 6) is -0.913. The SMILES string of the molecule is C[C@H]1CCc2[nH]c3ccc(C(=O)OCC(=O)Nc4cccc(F)c4)cc3c2C1. The number of hydrogen-bond acceptors (Lipinski definition) is 3. The number of aryl methyl sites for hydroxylation is 1. The van der Waals surface area contributed by atoms with Gasteiger partial charge in [-0.3, -0.25) is 4.79 Å². The summed E-state index contributed by atoms with van der Waals surface area (Å²) in [6, 6.07) is 10.9. The smallest absolute Gasteiger partial charge is 0.338 e. The lowest BCUT2D eigenvalue weighted by Gasteiger charge is -2.18. The van der Waals surface area contributed by atoms with E-state index in [4.69, 9.17) is 4.74 Å². The van der Waals surface area contributed by atoms with Crippen molar-refractivity contribution in [3.63, 3.8) is 0 Å². The highest BCUT2D eigenvalue weighted by atomic mass is 19.1. The van der Waals surface area contributed by atoms with Crippen LogP contribution in [0.2, 0.25) is 0 Å². The second kappa shape index (κ2) is 7.46. The average Bonchev–Trinajstić information content (AvgIpc) is 3.03. The highest BCUT2D eigenvalue weighted by molar-refractivity contribution is 5.98. The molecule has 0 bridgehead atoms. The molecule has 2 N–H and O–H groups in total. The Hall–Kier alpha value is -3.15. The van der Waals surface area contributed by atoms with Crippen LogP contribution < -0.4 is 5.32 Å². The van der Waals surface area contributed by atoms with Crippen LogP contribution in [0, 0.1) is 11.7 Å². The van der Waals surface area contributed by atoms with Gasteiger partial charge in [-0.2, -0.15) is 0 Å². The summed E-state index contributed by atoms with van der Waals surface area (Å²) in [5.41, 5.74) is 4.25. The molecule has 0 saturated heterocycles. The Balaban J connectivity index is 1.44. The van der Waals surface area contributed by atoms with Crippen molar-refractivity contribution < 1.29 is 18.7 Å². The molecule has 0 radical (unpaired) electrons. The molecular formula is C22H21FN2O3.